The van der Waals surface area contributed by atoms with E-state index in [1.165, 1.54) is 6.42 Å². The number of halogens is 2. The van der Waals surface area contributed by atoms with E-state index >= 15 is 0 Å². The third-order valence-electron chi connectivity index (χ3n) is 3.69. The second-order valence-corrected chi connectivity index (χ2v) is 4.75. The maximum atomic E-state index is 12.7. The van der Waals surface area contributed by atoms with Gasteiger partial charge in [0.05, 0.1) is 0 Å². The van der Waals surface area contributed by atoms with Crippen LogP contribution in [-0.4, -0.2) is 11.5 Å². The number of hydrogen-bond donors (Lipinski definition) is 1. The first-order chi connectivity index (χ1) is 6.02. The Morgan fingerprint density at radius 1 is 1.00 bits per heavy atom. The SMILES string of the molecule is NC1(C2CC(F)(F)C2)CCCCC1. The standard InChI is InChI=1S/C10H17F2N/c11-10(12)6-8(7-10)9(13)4-2-1-3-5-9/h8H,1-7,13H2. The lowest BCUT2D eigenvalue weighted by molar-refractivity contribution is -0.134. The van der Waals surface area contributed by atoms with E-state index in [0.717, 1.165) is 25.7 Å². The highest BCUT2D eigenvalue weighted by molar-refractivity contribution is 5.02. The summed E-state index contributed by atoms with van der Waals surface area (Å²) in [6, 6.07) is 0. The van der Waals surface area contributed by atoms with Crippen molar-refractivity contribution in [2.24, 2.45) is 11.7 Å². The summed E-state index contributed by atoms with van der Waals surface area (Å²) in [5.74, 6) is -2.32. The molecule has 0 aromatic rings. The Morgan fingerprint density at radius 3 is 2.00 bits per heavy atom. The van der Waals surface area contributed by atoms with Crippen LogP contribution in [0.2, 0.25) is 0 Å². The quantitative estimate of drug-likeness (QED) is 0.674. The van der Waals surface area contributed by atoms with Crippen LogP contribution in [0, 0.1) is 5.92 Å². The Balaban J connectivity index is 1.93. The van der Waals surface area contributed by atoms with Gasteiger partial charge in [0.15, 0.2) is 0 Å². The Bertz CT molecular complexity index is 189. The van der Waals surface area contributed by atoms with Gasteiger partial charge in [0, 0.05) is 18.4 Å². The van der Waals surface area contributed by atoms with Crippen LogP contribution < -0.4 is 5.73 Å². The molecule has 0 atom stereocenters. The van der Waals surface area contributed by atoms with E-state index in [-0.39, 0.29) is 24.3 Å². The van der Waals surface area contributed by atoms with Gasteiger partial charge < -0.3 is 5.73 Å². The summed E-state index contributed by atoms with van der Waals surface area (Å²) in [5.41, 5.74) is 5.90. The fourth-order valence-electron chi connectivity index (χ4n) is 2.69. The molecule has 1 nitrogen and oxygen atoms in total. The lowest BCUT2D eigenvalue weighted by Gasteiger charge is -2.48. The molecule has 2 saturated carbocycles. The first-order valence-electron chi connectivity index (χ1n) is 5.19. The number of hydrogen-bond acceptors (Lipinski definition) is 1. The zero-order valence-corrected chi connectivity index (χ0v) is 7.86. The highest BCUT2D eigenvalue weighted by atomic mass is 19.3. The van der Waals surface area contributed by atoms with Gasteiger partial charge in [0.25, 0.3) is 0 Å². The fraction of sp³-hybridized carbons (Fsp3) is 1.00. The van der Waals surface area contributed by atoms with E-state index in [2.05, 4.69) is 0 Å². The van der Waals surface area contributed by atoms with Gasteiger partial charge in [-0.05, 0) is 18.8 Å². The lowest BCUT2D eigenvalue weighted by Crippen LogP contribution is -2.56. The molecule has 2 N–H and O–H groups in total. The van der Waals surface area contributed by atoms with E-state index in [9.17, 15) is 8.78 Å². The molecular formula is C10H17F2N. The summed E-state index contributed by atoms with van der Waals surface area (Å²) in [6.07, 6.45) is 5.44. The molecule has 0 aliphatic heterocycles. The van der Waals surface area contributed by atoms with Crippen molar-refractivity contribution in [3.8, 4) is 0 Å². The van der Waals surface area contributed by atoms with Crippen molar-refractivity contribution in [3.05, 3.63) is 0 Å². The first-order valence-corrected chi connectivity index (χ1v) is 5.19. The largest absolute Gasteiger partial charge is 0.325 e. The predicted molar refractivity (Wildman–Crippen MR) is 47.7 cm³/mol. The molecule has 2 fully saturated rings. The molecule has 13 heavy (non-hydrogen) atoms. The molecule has 0 spiro atoms. The summed E-state index contributed by atoms with van der Waals surface area (Å²) < 4.78 is 25.3. The minimum atomic E-state index is -2.41. The lowest BCUT2D eigenvalue weighted by atomic mass is 9.63. The van der Waals surface area contributed by atoms with Gasteiger partial charge in [-0.3, -0.25) is 0 Å². The Morgan fingerprint density at radius 2 is 1.54 bits per heavy atom. The molecular weight excluding hydrogens is 172 g/mol. The Kier molecular flexibility index (Phi) is 2.10. The number of nitrogens with two attached hydrogens (primary N) is 1. The Labute approximate surface area is 77.7 Å². The predicted octanol–water partition coefficient (Wildman–Crippen LogP) is 2.69. The average molecular weight is 189 g/mol. The molecule has 0 heterocycles. The van der Waals surface area contributed by atoms with Crippen molar-refractivity contribution in [3.63, 3.8) is 0 Å². The maximum Gasteiger partial charge on any atom is 0.248 e. The van der Waals surface area contributed by atoms with Crippen molar-refractivity contribution in [1.82, 2.24) is 0 Å². The van der Waals surface area contributed by atoms with Gasteiger partial charge in [0.2, 0.25) is 5.92 Å². The van der Waals surface area contributed by atoms with Gasteiger partial charge in [-0.1, -0.05) is 19.3 Å². The Hall–Kier alpha value is -0.180. The first kappa shape index (κ1) is 9.38. The van der Waals surface area contributed by atoms with E-state index < -0.39 is 5.92 Å². The van der Waals surface area contributed by atoms with Crippen LogP contribution >= 0.6 is 0 Å². The van der Waals surface area contributed by atoms with Crippen molar-refractivity contribution in [2.45, 2.75) is 56.4 Å². The average Bonchev–Trinajstić information content (AvgIpc) is 2.01. The van der Waals surface area contributed by atoms with Gasteiger partial charge in [-0.15, -0.1) is 0 Å². The highest BCUT2D eigenvalue weighted by Crippen LogP contribution is 2.50. The smallest absolute Gasteiger partial charge is 0.248 e. The van der Waals surface area contributed by atoms with Crippen molar-refractivity contribution in [1.29, 1.82) is 0 Å². The molecule has 0 aromatic heterocycles. The van der Waals surface area contributed by atoms with E-state index in [1.807, 2.05) is 0 Å². The topological polar surface area (TPSA) is 26.0 Å². The van der Waals surface area contributed by atoms with Crippen LogP contribution in [0.3, 0.4) is 0 Å². The normalized spacial score (nSPS) is 32.5. The van der Waals surface area contributed by atoms with Gasteiger partial charge in [-0.25, -0.2) is 8.78 Å². The van der Waals surface area contributed by atoms with Crippen molar-refractivity contribution in [2.75, 3.05) is 0 Å². The summed E-state index contributed by atoms with van der Waals surface area (Å²) in [5, 5.41) is 0. The van der Waals surface area contributed by atoms with Crippen LogP contribution in [0.4, 0.5) is 8.78 Å². The third kappa shape index (κ3) is 1.71. The van der Waals surface area contributed by atoms with E-state index in [1.54, 1.807) is 0 Å². The zero-order valence-electron chi connectivity index (χ0n) is 7.86. The second-order valence-electron chi connectivity index (χ2n) is 4.75. The molecule has 3 heteroatoms. The monoisotopic (exact) mass is 189 g/mol. The zero-order chi connectivity index (χ0) is 9.53. The minimum Gasteiger partial charge on any atom is -0.325 e. The van der Waals surface area contributed by atoms with Gasteiger partial charge in [-0.2, -0.15) is 0 Å². The minimum absolute atomic E-state index is 0.0312. The maximum absolute atomic E-state index is 12.7. The highest BCUT2D eigenvalue weighted by Gasteiger charge is 2.53. The second kappa shape index (κ2) is 2.91. The van der Waals surface area contributed by atoms with Crippen molar-refractivity contribution >= 4 is 0 Å². The van der Waals surface area contributed by atoms with E-state index in [0.29, 0.717) is 0 Å². The molecule has 0 saturated heterocycles. The molecule has 0 aromatic carbocycles. The summed E-state index contributed by atoms with van der Waals surface area (Å²) in [4.78, 5) is 0. The molecule has 0 radical (unpaired) electrons. The molecule has 2 aliphatic rings. The summed E-state index contributed by atoms with van der Waals surface area (Å²) >= 11 is 0. The molecule has 0 unspecified atom stereocenters. The number of alkyl halides is 2. The van der Waals surface area contributed by atoms with Crippen LogP contribution in [-0.2, 0) is 0 Å². The summed E-state index contributed by atoms with van der Waals surface area (Å²) in [7, 11) is 0. The molecule has 0 bridgehead atoms. The summed E-state index contributed by atoms with van der Waals surface area (Å²) in [6.45, 7) is 0. The molecule has 0 amide bonds. The number of rotatable bonds is 1. The van der Waals surface area contributed by atoms with Crippen LogP contribution in [0.15, 0.2) is 0 Å². The molecule has 2 aliphatic carbocycles. The molecule has 76 valence electrons. The van der Waals surface area contributed by atoms with Crippen LogP contribution in [0.25, 0.3) is 0 Å². The van der Waals surface area contributed by atoms with E-state index in [4.69, 9.17) is 5.73 Å². The van der Waals surface area contributed by atoms with Crippen molar-refractivity contribution < 1.29 is 8.78 Å². The van der Waals surface area contributed by atoms with Crippen LogP contribution in [0.1, 0.15) is 44.9 Å². The van der Waals surface area contributed by atoms with Gasteiger partial charge in [0.1, 0.15) is 0 Å². The van der Waals surface area contributed by atoms with Gasteiger partial charge >= 0.3 is 0 Å². The third-order valence-corrected chi connectivity index (χ3v) is 3.69. The molecule has 2 rings (SSSR count). The van der Waals surface area contributed by atoms with Crippen LogP contribution in [0.5, 0.6) is 0 Å². The fourth-order valence-corrected chi connectivity index (χ4v) is 2.69.